The molecule has 0 saturated heterocycles. The molecule has 2 aromatic rings. The molecule has 1 fully saturated rings. The first-order valence-electron chi connectivity index (χ1n) is 14.1. The van der Waals surface area contributed by atoms with Gasteiger partial charge in [-0.05, 0) is 70.0 Å². The molecule has 1 aliphatic carbocycles. The third-order valence-electron chi connectivity index (χ3n) is 8.03. The number of aryl methyl sites for hydroxylation is 1. The van der Waals surface area contributed by atoms with E-state index in [1.165, 1.54) is 32.1 Å². The summed E-state index contributed by atoms with van der Waals surface area (Å²) in [6.45, 7) is 7.80. The maximum absolute atomic E-state index is 13.7. The van der Waals surface area contributed by atoms with Crippen molar-refractivity contribution in [3.05, 3.63) is 53.6 Å². The summed E-state index contributed by atoms with van der Waals surface area (Å²) in [7, 11) is -1.71. The highest BCUT2D eigenvalue weighted by atomic mass is 32.2. The minimum absolute atomic E-state index is 0.0321. The van der Waals surface area contributed by atoms with Crippen molar-refractivity contribution in [1.29, 1.82) is 0 Å². The number of likely N-dealkylation sites (N-methyl/N-ethyl adjacent to an activating group) is 1. The lowest BCUT2D eigenvalue weighted by Gasteiger charge is -2.38. The number of nitrogens with zero attached hydrogens (tertiary/aromatic N) is 2. The van der Waals surface area contributed by atoms with Gasteiger partial charge in [0.25, 0.3) is 15.9 Å². The number of ether oxygens (including phenoxy) is 1. The number of carbonyl (C=O) groups is 1. The van der Waals surface area contributed by atoms with E-state index in [9.17, 15) is 18.3 Å². The quantitative estimate of drug-likeness (QED) is 0.470. The summed E-state index contributed by atoms with van der Waals surface area (Å²) in [5, 5.41) is 9.92. The molecule has 39 heavy (non-hydrogen) atoms. The van der Waals surface area contributed by atoms with Gasteiger partial charge in [-0.15, -0.1) is 0 Å². The fraction of sp³-hybridized carbons (Fsp3) is 0.567. The molecule has 1 aliphatic heterocycles. The highest BCUT2D eigenvalue weighted by Gasteiger charge is 2.34. The van der Waals surface area contributed by atoms with Crippen LogP contribution in [-0.4, -0.2) is 74.7 Å². The number of benzene rings is 2. The molecule has 0 bridgehead atoms. The molecule has 0 unspecified atom stereocenters. The number of anilines is 1. The third kappa shape index (κ3) is 7.32. The SMILES string of the molecule is Cc1ccc(S(=O)(=O)Nc2ccc3c(c2)C(=O)N([C@@H](C)CO)C[C@@H](C)[C@H](CN(C)CC2CCCCC2)O3)cc1. The van der Waals surface area contributed by atoms with E-state index >= 15 is 0 Å². The van der Waals surface area contributed by atoms with Gasteiger partial charge < -0.3 is 19.6 Å². The standard InChI is InChI=1S/C30H43N3O5S/c1-21-10-13-26(14-11-21)39(36,37)31-25-12-15-28-27(16-25)30(35)33(23(3)20-34)17-22(2)29(38-28)19-32(4)18-24-8-6-5-7-9-24/h10-16,22-24,29,31,34H,5-9,17-20H2,1-4H3/t22-,23+,29+/m1/s1. The molecule has 1 amide bonds. The minimum Gasteiger partial charge on any atom is -0.488 e. The summed E-state index contributed by atoms with van der Waals surface area (Å²) in [6.07, 6.45) is 6.30. The highest BCUT2D eigenvalue weighted by Crippen LogP contribution is 2.32. The van der Waals surface area contributed by atoms with E-state index in [2.05, 4.69) is 23.6 Å². The first-order valence-corrected chi connectivity index (χ1v) is 15.6. The van der Waals surface area contributed by atoms with Gasteiger partial charge in [0, 0.05) is 31.2 Å². The Morgan fingerprint density at radius 1 is 1.10 bits per heavy atom. The number of amides is 1. The Morgan fingerprint density at radius 2 is 1.79 bits per heavy atom. The number of hydrogen-bond donors (Lipinski definition) is 2. The Balaban J connectivity index is 1.60. The summed E-state index contributed by atoms with van der Waals surface area (Å²) in [5.41, 5.74) is 1.53. The maximum atomic E-state index is 13.7. The van der Waals surface area contributed by atoms with Crippen LogP contribution in [0.25, 0.3) is 0 Å². The van der Waals surface area contributed by atoms with Crippen LogP contribution in [0.15, 0.2) is 47.4 Å². The Kier molecular flexibility index (Phi) is 9.56. The van der Waals surface area contributed by atoms with Gasteiger partial charge in [-0.25, -0.2) is 8.42 Å². The summed E-state index contributed by atoms with van der Waals surface area (Å²) < 4.78 is 35.1. The number of nitrogens with one attached hydrogen (secondary N) is 1. The topological polar surface area (TPSA) is 99.2 Å². The van der Waals surface area contributed by atoms with E-state index in [4.69, 9.17) is 4.74 Å². The van der Waals surface area contributed by atoms with Gasteiger partial charge in [0.2, 0.25) is 0 Å². The van der Waals surface area contributed by atoms with Crippen LogP contribution in [0.4, 0.5) is 5.69 Å². The fourth-order valence-electron chi connectivity index (χ4n) is 5.63. The molecule has 2 N–H and O–H groups in total. The van der Waals surface area contributed by atoms with E-state index in [1.54, 1.807) is 47.4 Å². The van der Waals surface area contributed by atoms with Crippen molar-refractivity contribution in [3.63, 3.8) is 0 Å². The average Bonchev–Trinajstić information content (AvgIpc) is 2.91. The Morgan fingerprint density at radius 3 is 2.46 bits per heavy atom. The summed E-state index contributed by atoms with van der Waals surface area (Å²) in [4.78, 5) is 17.9. The number of carbonyl (C=O) groups excluding carboxylic acids is 1. The van der Waals surface area contributed by atoms with Crippen molar-refractivity contribution in [3.8, 4) is 5.75 Å². The first kappa shape index (κ1) is 29.4. The van der Waals surface area contributed by atoms with Gasteiger partial charge >= 0.3 is 0 Å². The molecule has 9 heteroatoms. The molecule has 2 aliphatic rings. The van der Waals surface area contributed by atoms with Crippen molar-refractivity contribution >= 4 is 21.6 Å². The van der Waals surface area contributed by atoms with Gasteiger partial charge in [-0.2, -0.15) is 0 Å². The second kappa shape index (κ2) is 12.7. The number of aliphatic hydroxyl groups excluding tert-OH is 1. The molecule has 1 heterocycles. The van der Waals surface area contributed by atoms with Crippen LogP contribution < -0.4 is 9.46 Å². The molecule has 0 aromatic heterocycles. The lowest BCUT2D eigenvalue weighted by atomic mass is 9.89. The molecule has 2 aromatic carbocycles. The van der Waals surface area contributed by atoms with E-state index < -0.39 is 10.0 Å². The monoisotopic (exact) mass is 557 g/mol. The van der Waals surface area contributed by atoms with E-state index in [0.29, 0.717) is 24.8 Å². The van der Waals surface area contributed by atoms with Crippen molar-refractivity contribution < 1.29 is 23.1 Å². The molecule has 1 saturated carbocycles. The van der Waals surface area contributed by atoms with E-state index in [-0.39, 0.29) is 46.7 Å². The summed E-state index contributed by atoms with van der Waals surface area (Å²) >= 11 is 0. The van der Waals surface area contributed by atoms with Gasteiger partial charge in [0.05, 0.1) is 23.1 Å². The van der Waals surface area contributed by atoms with Gasteiger partial charge in [-0.3, -0.25) is 9.52 Å². The number of aliphatic hydroxyl groups is 1. The van der Waals surface area contributed by atoms with E-state index in [0.717, 1.165) is 12.1 Å². The van der Waals surface area contributed by atoms with Crippen molar-refractivity contribution in [2.45, 2.75) is 69.9 Å². The number of fused-ring (bicyclic) bond motifs is 1. The van der Waals surface area contributed by atoms with Crippen LogP contribution in [0.3, 0.4) is 0 Å². The largest absolute Gasteiger partial charge is 0.488 e. The molecule has 8 nitrogen and oxygen atoms in total. The predicted octanol–water partition coefficient (Wildman–Crippen LogP) is 4.53. The van der Waals surface area contributed by atoms with Crippen LogP contribution >= 0.6 is 0 Å². The molecule has 214 valence electrons. The lowest BCUT2D eigenvalue weighted by molar-refractivity contribution is 0.0330. The summed E-state index contributed by atoms with van der Waals surface area (Å²) in [6, 6.07) is 11.1. The average molecular weight is 558 g/mol. The molecule has 4 rings (SSSR count). The van der Waals surface area contributed by atoms with Crippen LogP contribution in [-0.2, 0) is 10.0 Å². The van der Waals surface area contributed by atoms with Gasteiger partial charge in [0.15, 0.2) is 0 Å². The highest BCUT2D eigenvalue weighted by molar-refractivity contribution is 7.92. The molecule has 3 atom stereocenters. The zero-order valence-electron chi connectivity index (χ0n) is 23.6. The fourth-order valence-corrected chi connectivity index (χ4v) is 6.68. The van der Waals surface area contributed by atoms with Gasteiger partial charge in [-0.1, -0.05) is 43.9 Å². The summed E-state index contributed by atoms with van der Waals surface area (Å²) in [5.74, 6) is 0.876. The number of rotatable bonds is 9. The van der Waals surface area contributed by atoms with Crippen LogP contribution in [0.5, 0.6) is 5.75 Å². The maximum Gasteiger partial charge on any atom is 0.261 e. The normalized spacial score (nSPS) is 21.6. The Bertz CT molecular complexity index is 1230. The van der Waals surface area contributed by atoms with Crippen molar-refractivity contribution in [2.75, 3.05) is 38.0 Å². The Labute approximate surface area is 233 Å². The predicted molar refractivity (Wildman–Crippen MR) is 154 cm³/mol. The van der Waals surface area contributed by atoms with Crippen LogP contribution in [0, 0.1) is 18.8 Å². The first-order chi connectivity index (χ1) is 18.6. The van der Waals surface area contributed by atoms with E-state index in [1.807, 2.05) is 13.8 Å². The van der Waals surface area contributed by atoms with Gasteiger partial charge in [0.1, 0.15) is 11.9 Å². The van der Waals surface area contributed by atoms with Crippen molar-refractivity contribution in [2.24, 2.45) is 11.8 Å². The second-order valence-electron chi connectivity index (χ2n) is 11.5. The molecule has 0 spiro atoms. The minimum atomic E-state index is -3.84. The molecule has 0 radical (unpaired) electrons. The second-order valence-corrected chi connectivity index (χ2v) is 13.2. The zero-order chi connectivity index (χ0) is 28.2. The number of sulfonamides is 1. The van der Waals surface area contributed by atoms with Crippen molar-refractivity contribution in [1.82, 2.24) is 9.80 Å². The molecular formula is C30H43N3O5S. The Hall–Kier alpha value is -2.62. The van der Waals surface area contributed by atoms with Crippen LogP contribution in [0.2, 0.25) is 0 Å². The zero-order valence-corrected chi connectivity index (χ0v) is 24.4. The smallest absolute Gasteiger partial charge is 0.261 e. The third-order valence-corrected chi connectivity index (χ3v) is 9.43. The van der Waals surface area contributed by atoms with Crippen LogP contribution in [0.1, 0.15) is 61.9 Å². The lowest BCUT2D eigenvalue weighted by Crippen LogP contribution is -2.50. The molecular weight excluding hydrogens is 514 g/mol. The number of hydrogen-bond acceptors (Lipinski definition) is 6.